The third-order valence-electron chi connectivity index (χ3n) is 4.05. The van der Waals surface area contributed by atoms with Crippen LogP contribution in [0.4, 0.5) is 5.82 Å². The molecule has 8 nitrogen and oxygen atoms in total. The second-order valence-corrected chi connectivity index (χ2v) is 5.96. The van der Waals surface area contributed by atoms with Crippen molar-refractivity contribution in [2.75, 3.05) is 19.0 Å². The predicted molar refractivity (Wildman–Crippen MR) is 104 cm³/mol. The first-order valence-electron chi connectivity index (χ1n) is 8.58. The fraction of sp³-hybridized carbons (Fsp3) is 0.150. The van der Waals surface area contributed by atoms with Crippen molar-refractivity contribution in [1.82, 2.24) is 15.5 Å². The number of H-pyrrole nitrogens is 1. The quantitative estimate of drug-likeness (QED) is 0.499. The number of aromatic nitrogens is 2. The Balaban J connectivity index is 1.65. The molecule has 1 aromatic heterocycles. The zero-order valence-corrected chi connectivity index (χ0v) is 15.2. The Morgan fingerprint density at radius 2 is 1.93 bits per heavy atom. The van der Waals surface area contributed by atoms with Crippen LogP contribution in [0, 0.1) is 0 Å². The molecule has 8 heteroatoms. The van der Waals surface area contributed by atoms with Crippen LogP contribution in [-0.4, -0.2) is 46.9 Å². The van der Waals surface area contributed by atoms with Crippen LogP contribution in [0.15, 0.2) is 60.7 Å². The van der Waals surface area contributed by atoms with E-state index in [0.717, 1.165) is 11.3 Å². The number of aliphatic hydroxyl groups excluding tert-OH is 1. The third kappa shape index (κ3) is 4.54. The molecule has 0 spiro atoms. The van der Waals surface area contributed by atoms with Gasteiger partial charge in [0.05, 0.1) is 19.4 Å². The summed E-state index contributed by atoms with van der Waals surface area (Å²) in [5.74, 6) is -0.273. The number of aliphatic hydroxyl groups is 1. The maximum Gasteiger partial charge on any atom is 0.252 e. The molecule has 3 aromatic rings. The number of nitrogens with zero attached hydrogens (tertiary/aromatic N) is 1. The number of carbonyl (C=O) groups is 2. The monoisotopic (exact) mass is 380 g/mol. The number of rotatable bonds is 7. The molecular formula is C20H20N4O4. The number of hydrogen-bond acceptors (Lipinski definition) is 5. The van der Waals surface area contributed by atoms with Gasteiger partial charge in [0.25, 0.3) is 11.8 Å². The van der Waals surface area contributed by atoms with Crippen molar-refractivity contribution < 1.29 is 19.4 Å². The van der Waals surface area contributed by atoms with E-state index in [1.165, 1.54) is 7.11 Å². The summed E-state index contributed by atoms with van der Waals surface area (Å²) < 4.78 is 5.08. The highest BCUT2D eigenvalue weighted by atomic mass is 16.5. The molecule has 0 bridgehead atoms. The van der Waals surface area contributed by atoms with E-state index in [2.05, 4.69) is 20.8 Å². The van der Waals surface area contributed by atoms with Crippen molar-refractivity contribution in [1.29, 1.82) is 0 Å². The van der Waals surface area contributed by atoms with E-state index in [9.17, 15) is 14.7 Å². The first-order valence-corrected chi connectivity index (χ1v) is 8.58. The van der Waals surface area contributed by atoms with Gasteiger partial charge in [0.1, 0.15) is 11.8 Å². The van der Waals surface area contributed by atoms with Crippen molar-refractivity contribution in [2.45, 2.75) is 6.04 Å². The summed E-state index contributed by atoms with van der Waals surface area (Å²) in [6.45, 7) is -0.558. The van der Waals surface area contributed by atoms with Gasteiger partial charge in [-0.15, -0.1) is 0 Å². The molecule has 4 N–H and O–H groups in total. The molecule has 2 aromatic carbocycles. The van der Waals surface area contributed by atoms with Crippen LogP contribution in [0.25, 0.3) is 11.3 Å². The number of aromatic amines is 1. The SMILES string of the molecule is COc1cccc(C(=O)N[C@@H](CO)C(=O)Nc2cc(-c3ccccc3)[nH]n2)c1. The Labute approximate surface area is 161 Å². The average Bonchev–Trinajstić information content (AvgIpc) is 3.20. The van der Waals surface area contributed by atoms with Crippen LogP contribution in [0.5, 0.6) is 5.75 Å². The van der Waals surface area contributed by atoms with Crippen molar-refractivity contribution in [3.05, 3.63) is 66.2 Å². The molecule has 3 rings (SSSR count). The topological polar surface area (TPSA) is 116 Å². The number of ether oxygens (including phenoxy) is 1. The van der Waals surface area contributed by atoms with E-state index in [1.807, 2.05) is 30.3 Å². The lowest BCUT2D eigenvalue weighted by atomic mass is 10.1. The lowest BCUT2D eigenvalue weighted by Gasteiger charge is -2.15. The average molecular weight is 380 g/mol. The Bertz CT molecular complexity index is 956. The van der Waals surface area contributed by atoms with Gasteiger partial charge in [0.15, 0.2) is 5.82 Å². The van der Waals surface area contributed by atoms with Crippen molar-refractivity contribution >= 4 is 17.6 Å². The van der Waals surface area contributed by atoms with Gasteiger partial charge < -0.3 is 20.5 Å². The Morgan fingerprint density at radius 1 is 1.14 bits per heavy atom. The van der Waals surface area contributed by atoms with Gasteiger partial charge in [-0.2, -0.15) is 5.10 Å². The molecule has 0 radical (unpaired) electrons. The minimum Gasteiger partial charge on any atom is -0.497 e. The maximum atomic E-state index is 12.4. The smallest absolute Gasteiger partial charge is 0.252 e. The molecular weight excluding hydrogens is 360 g/mol. The largest absolute Gasteiger partial charge is 0.497 e. The molecule has 1 heterocycles. The summed E-state index contributed by atoms with van der Waals surface area (Å²) in [6, 6.07) is 16.5. The van der Waals surface area contributed by atoms with Crippen LogP contribution in [0.3, 0.4) is 0 Å². The van der Waals surface area contributed by atoms with Gasteiger partial charge in [0.2, 0.25) is 0 Å². The van der Waals surface area contributed by atoms with Crippen molar-refractivity contribution in [2.24, 2.45) is 0 Å². The number of nitrogens with one attached hydrogen (secondary N) is 3. The number of benzene rings is 2. The minimum atomic E-state index is -1.13. The summed E-state index contributed by atoms with van der Waals surface area (Å²) in [7, 11) is 1.49. The fourth-order valence-corrected chi connectivity index (χ4v) is 2.56. The fourth-order valence-electron chi connectivity index (χ4n) is 2.56. The minimum absolute atomic E-state index is 0.290. The lowest BCUT2D eigenvalue weighted by Crippen LogP contribution is -2.46. The highest BCUT2D eigenvalue weighted by Crippen LogP contribution is 2.19. The molecule has 28 heavy (non-hydrogen) atoms. The Morgan fingerprint density at radius 3 is 2.64 bits per heavy atom. The highest BCUT2D eigenvalue weighted by molar-refractivity contribution is 6.01. The number of anilines is 1. The molecule has 0 aliphatic carbocycles. The molecule has 144 valence electrons. The van der Waals surface area contributed by atoms with Crippen LogP contribution in [0.1, 0.15) is 10.4 Å². The van der Waals surface area contributed by atoms with Gasteiger partial charge >= 0.3 is 0 Å². The number of carbonyl (C=O) groups excluding carboxylic acids is 2. The lowest BCUT2D eigenvalue weighted by molar-refractivity contribution is -0.118. The number of methoxy groups -OCH3 is 1. The van der Waals surface area contributed by atoms with E-state index in [1.54, 1.807) is 30.3 Å². The van der Waals surface area contributed by atoms with Gasteiger partial charge in [-0.25, -0.2) is 0 Å². The normalized spacial score (nSPS) is 11.5. The van der Waals surface area contributed by atoms with E-state index in [4.69, 9.17) is 4.74 Å². The first kappa shape index (κ1) is 19.1. The van der Waals surface area contributed by atoms with Gasteiger partial charge in [-0.05, 0) is 23.8 Å². The zero-order chi connectivity index (χ0) is 19.9. The standard InChI is InChI=1S/C20H20N4O4/c1-28-15-9-5-8-14(10-15)19(26)21-17(12-25)20(27)22-18-11-16(23-24-18)13-6-3-2-4-7-13/h2-11,17,25H,12H2,1H3,(H,21,26)(H2,22,23,24,27)/t17-/m0/s1. The summed E-state index contributed by atoms with van der Waals surface area (Å²) in [5, 5.41) is 21.5. The van der Waals surface area contributed by atoms with Crippen molar-refractivity contribution in [3.8, 4) is 17.0 Å². The molecule has 0 saturated carbocycles. The molecule has 1 atom stereocenters. The van der Waals surface area contributed by atoms with E-state index in [0.29, 0.717) is 11.3 Å². The summed E-state index contributed by atoms with van der Waals surface area (Å²) in [6.07, 6.45) is 0. The molecule has 0 unspecified atom stereocenters. The van der Waals surface area contributed by atoms with Crippen LogP contribution < -0.4 is 15.4 Å². The Hall–Kier alpha value is -3.65. The van der Waals surface area contributed by atoms with Gasteiger partial charge in [0, 0.05) is 11.6 Å². The van der Waals surface area contributed by atoms with Crippen molar-refractivity contribution in [3.63, 3.8) is 0 Å². The second kappa shape index (κ2) is 8.83. The van der Waals surface area contributed by atoms with Crippen LogP contribution in [0.2, 0.25) is 0 Å². The summed E-state index contributed by atoms with van der Waals surface area (Å²) in [5.41, 5.74) is 1.97. The molecule has 0 saturated heterocycles. The third-order valence-corrected chi connectivity index (χ3v) is 4.05. The van der Waals surface area contributed by atoms with Crippen LogP contribution >= 0.6 is 0 Å². The van der Waals surface area contributed by atoms with Gasteiger partial charge in [-0.1, -0.05) is 36.4 Å². The first-order chi connectivity index (χ1) is 13.6. The number of hydrogen-bond donors (Lipinski definition) is 4. The maximum absolute atomic E-state index is 12.4. The van der Waals surface area contributed by atoms with E-state index in [-0.39, 0.29) is 5.82 Å². The molecule has 0 aliphatic rings. The highest BCUT2D eigenvalue weighted by Gasteiger charge is 2.22. The number of amides is 2. The zero-order valence-electron chi connectivity index (χ0n) is 15.2. The van der Waals surface area contributed by atoms with Gasteiger partial charge in [-0.3, -0.25) is 14.7 Å². The Kier molecular flexibility index (Phi) is 6.03. The summed E-state index contributed by atoms with van der Waals surface area (Å²) >= 11 is 0. The second-order valence-electron chi connectivity index (χ2n) is 5.96. The molecule has 2 amide bonds. The molecule has 0 fully saturated rings. The van der Waals surface area contributed by atoms with Crippen LogP contribution in [-0.2, 0) is 4.79 Å². The van der Waals surface area contributed by atoms with E-state index >= 15 is 0 Å². The summed E-state index contributed by atoms with van der Waals surface area (Å²) in [4.78, 5) is 24.8. The van der Waals surface area contributed by atoms with E-state index < -0.39 is 24.5 Å². The molecule has 0 aliphatic heterocycles. The predicted octanol–water partition coefficient (Wildman–Crippen LogP) is 1.81.